The molecule has 0 unspecified atom stereocenters. The Morgan fingerprint density at radius 1 is 1.44 bits per heavy atom. The summed E-state index contributed by atoms with van der Waals surface area (Å²) < 4.78 is 4.91. The zero-order valence-electron chi connectivity index (χ0n) is 9.08. The molecule has 0 bridgehead atoms. The quantitative estimate of drug-likeness (QED) is 0.730. The van der Waals surface area contributed by atoms with E-state index >= 15 is 0 Å². The maximum absolute atomic E-state index is 9.45. The molecule has 0 aliphatic carbocycles. The van der Waals surface area contributed by atoms with Gasteiger partial charge in [-0.3, -0.25) is 0 Å². The fourth-order valence-electron chi connectivity index (χ4n) is 1.29. The molecule has 0 heterocycles. The van der Waals surface area contributed by atoms with Crippen molar-refractivity contribution in [1.82, 2.24) is 5.32 Å². The first-order valence-electron chi connectivity index (χ1n) is 4.53. The third-order valence-corrected chi connectivity index (χ3v) is 2.51. The summed E-state index contributed by atoms with van der Waals surface area (Å²) in [7, 11) is 3.22. The fraction of sp³-hybridized carbons (Fsp3) is 0.400. The van der Waals surface area contributed by atoms with Crippen molar-refractivity contribution < 1.29 is 14.9 Å². The van der Waals surface area contributed by atoms with E-state index in [1.807, 2.05) is 7.05 Å². The molecule has 1 aromatic rings. The highest BCUT2D eigenvalue weighted by Crippen LogP contribution is 2.43. The molecular formula is C10H15Cl2NO3. The highest BCUT2D eigenvalue weighted by Gasteiger charge is 2.16. The van der Waals surface area contributed by atoms with Crippen LogP contribution in [0.5, 0.6) is 17.2 Å². The summed E-state index contributed by atoms with van der Waals surface area (Å²) in [4.78, 5) is 0. The molecule has 0 radical (unpaired) electrons. The largest absolute Gasteiger partial charge is 0.504 e. The van der Waals surface area contributed by atoms with Crippen LogP contribution in [0.1, 0.15) is 5.56 Å². The van der Waals surface area contributed by atoms with Crippen LogP contribution in [0.25, 0.3) is 0 Å². The van der Waals surface area contributed by atoms with Crippen LogP contribution in [0.15, 0.2) is 6.07 Å². The van der Waals surface area contributed by atoms with Crippen molar-refractivity contribution in [3.8, 4) is 17.2 Å². The normalized spacial score (nSPS) is 9.69. The van der Waals surface area contributed by atoms with Crippen LogP contribution < -0.4 is 10.1 Å². The van der Waals surface area contributed by atoms with Crippen molar-refractivity contribution in [1.29, 1.82) is 0 Å². The molecule has 0 aliphatic rings. The van der Waals surface area contributed by atoms with E-state index in [9.17, 15) is 10.2 Å². The van der Waals surface area contributed by atoms with Crippen molar-refractivity contribution in [3.05, 3.63) is 16.7 Å². The van der Waals surface area contributed by atoms with Gasteiger partial charge in [0.25, 0.3) is 0 Å². The highest BCUT2D eigenvalue weighted by molar-refractivity contribution is 6.33. The number of aromatic hydroxyl groups is 2. The molecule has 0 atom stereocenters. The molecule has 0 spiro atoms. The van der Waals surface area contributed by atoms with Crippen LogP contribution in [-0.2, 0) is 6.42 Å². The molecule has 0 aromatic heterocycles. The Labute approximate surface area is 106 Å². The lowest BCUT2D eigenvalue weighted by Crippen LogP contribution is -2.10. The Bertz CT molecular complexity index is 358. The average molecular weight is 268 g/mol. The molecule has 0 aliphatic heterocycles. The fourth-order valence-corrected chi connectivity index (χ4v) is 1.61. The monoisotopic (exact) mass is 267 g/mol. The number of halogens is 2. The number of phenolic OH excluding ortho intramolecular Hbond substituents is 2. The maximum atomic E-state index is 9.45. The molecule has 3 N–H and O–H groups in total. The Morgan fingerprint density at radius 2 is 2.06 bits per heavy atom. The summed E-state index contributed by atoms with van der Waals surface area (Å²) in [5.74, 6) is -0.430. The molecule has 0 amide bonds. The van der Waals surface area contributed by atoms with E-state index < -0.39 is 0 Å². The Balaban J connectivity index is 0.00000225. The zero-order valence-corrected chi connectivity index (χ0v) is 10.7. The van der Waals surface area contributed by atoms with Crippen LogP contribution in [0.3, 0.4) is 0 Å². The van der Waals surface area contributed by atoms with Crippen molar-refractivity contribution >= 4 is 24.0 Å². The summed E-state index contributed by atoms with van der Waals surface area (Å²) >= 11 is 6.00. The predicted octanol–water partition coefficient (Wildman–Crippen LogP) is 1.94. The van der Waals surface area contributed by atoms with Crippen molar-refractivity contribution in [2.75, 3.05) is 20.7 Å². The van der Waals surface area contributed by atoms with Gasteiger partial charge in [0.2, 0.25) is 5.75 Å². The van der Waals surface area contributed by atoms with Gasteiger partial charge in [0.15, 0.2) is 11.5 Å². The summed E-state index contributed by atoms with van der Waals surface area (Å²) in [5, 5.41) is 22.2. The molecule has 1 aromatic carbocycles. The topological polar surface area (TPSA) is 61.7 Å². The molecule has 1 rings (SSSR count). The van der Waals surface area contributed by atoms with Gasteiger partial charge in [-0.15, -0.1) is 12.4 Å². The van der Waals surface area contributed by atoms with Crippen LogP contribution in [0.4, 0.5) is 0 Å². The molecule has 0 fully saturated rings. The molecule has 92 valence electrons. The van der Waals surface area contributed by atoms with Crippen molar-refractivity contribution in [2.24, 2.45) is 0 Å². The zero-order chi connectivity index (χ0) is 11.4. The van der Waals surface area contributed by atoms with Gasteiger partial charge < -0.3 is 20.3 Å². The summed E-state index contributed by atoms with van der Waals surface area (Å²) in [6.45, 7) is 0.729. The second-order valence-corrected chi connectivity index (χ2v) is 3.48. The van der Waals surface area contributed by atoms with E-state index in [2.05, 4.69) is 5.32 Å². The number of ether oxygens (including phenoxy) is 1. The van der Waals surface area contributed by atoms with Gasteiger partial charge in [0, 0.05) is 0 Å². The van der Waals surface area contributed by atoms with E-state index in [0.29, 0.717) is 11.4 Å². The lowest BCUT2D eigenvalue weighted by molar-refractivity contribution is 0.350. The minimum Gasteiger partial charge on any atom is -0.504 e. The SMILES string of the molecule is CNCCc1cc(O)c(O)c(OC)c1Cl.Cl. The number of nitrogens with one attached hydrogen (secondary N) is 1. The third-order valence-electron chi connectivity index (χ3n) is 2.10. The predicted molar refractivity (Wildman–Crippen MR) is 66.2 cm³/mol. The number of rotatable bonds is 4. The first-order chi connectivity index (χ1) is 7.11. The number of phenols is 2. The molecule has 16 heavy (non-hydrogen) atoms. The van der Waals surface area contributed by atoms with Gasteiger partial charge in [0.1, 0.15) is 0 Å². The van der Waals surface area contributed by atoms with Crippen molar-refractivity contribution in [3.63, 3.8) is 0 Å². The first kappa shape index (κ1) is 15.2. The van der Waals surface area contributed by atoms with E-state index in [-0.39, 0.29) is 29.7 Å². The van der Waals surface area contributed by atoms with Gasteiger partial charge in [-0.1, -0.05) is 11.6 Å². The van der Waals surface area contributed by atoms with Crippen LogP contribution in [0, 0.1) is 0 Å². The average Bonchev–Trinajstić information content (AvgIpc) is 2.22. The number of likely N-dealkylation sites (N-methyl/N-ethyl adjacent to an activating group) is 1. The summed E-state index contributed by atoms with van der Waals surface area (Å²) in [5.41, 5.74) is 0.734. The smallest absolute Gasteiger partial charge is 0.202 e. The van der Waals surface area contributed by atoms with E-state index in [0.717, 1.165) is 12.1 Å². The second-order valence-electron chi connectivity index (χ2n) is 3.10. The van der Waals surface area contributed by atoms with Crippen LogP contribution >= 0.6 is 24.0 Å². The second kappa shape index (κ2) is 6.68. The van der Waals surface area contributed by atoms with Crippen LogP contribution in [0.2, 0.25) is 5.02 Å². The third kappa shape index (κ3) is 3.07. The Hall–Kier alpha value is -0.840. The lowest BCUT2D eigenvalue weighted by Gasteiger charge is -2.11. The molecule has 6 heteroatoms. The number of methoxy groups -OCH3 is 1. The van der Waals surface area contributed by atoms with E-state index in [1.54, 1.807) is 0 Å². The van der Waals surface area contributed by atoms with Gasteiger partial charge in [-0.2, -0.15) is 0 Å². The summed E-state index contributed by atoms with van der Waals surface area (Å²) in [6, 6.07) is 1.44. The highest BCUT2D eigenvalue weighted by atomic mass is 35.5. The minimum absolute atomic E-state index is 0. The van der Waals surface area contributed by atoms with E-state index in [4.69, 9.17) is 16.3 Å². The van der Waals surface area contributed by atoms with E-state index in [1.165, 1.54) is 13.2 Å². The maximum Gasteiger partial charge on any atom is 0.202 e. The minimum atomic E-state index is -0.323. The molecule has 4 nitrogen and oxygen atoms in total. The molecule has 0 saturated heterocycles. The number of hydrogen-bond donors (Lipinski definition) is 3. The Morgan fingerprint density at radius 3 is 2.56 bits per heavy atom. The van der Waals surface area contributed by atoms with Gasteiger partial charge in [0.05, 0.1) is 12.1 Å². The summed E-state index contributed by atoms with van der Waals surface area (Å²) in [6.07, 6.45) is 0.652. The van der Waals surface area contributed by atoms with Gasteiger partial charge >= 0.3 is 0 Å². The first-order valence-corrected chi connectivity index (χ1v) is 4.91. The van der Waals surface area contributed by atoms with Gasteiger partial charge in [-0.25, -0.2) is 0 Å². The van der Waals surface area contributed by atoms with Crippen LogP contribution in [-0.4, -0.2) is 30.9 Å². The van der Waals surface area contributed by atoms with Gasteiger partial charge in [-0.05, 0) is 31.6 Å². The standard InChI is InChI=1S/C10H14ClNO3.ClH/c1-12-4-3-6-5-7(13)9(14)10(15-2)8(6)11;/h5,12-14H,3-4H2,1-2H3;1H. The lowest BCUT2D eigenvalue weighted by atomic mass is 10.1. The molecule has 0 saturated carbocycles. The number of hydrogen-bond acceptors (Lipinski definition) is 4. The number of benzene rings is 1. The van der Waals surface area contributed by atoms with Crippen molar-refractivity contribution in [2.45, 2.75) is 6.42 Å². The Kier molecular flexibility index (Phi) is 6.33. The molecular weight excluding hydrogens is 253 g/mol.